The third-order valence-electron chi connectivity index (χ3n) is 3.66. The lowest BCUT2D eigenvalue weighted by Crippen LogP contribution is -2.16. The molecular weight excluding hydrogens is 305 g/mol. The molecule has 0 unspecified atom stereocenters. The normalized spacial score (nSPS) is 11.1. The molecule has 1 aromatic carbocycles. The summed E-state index contributed by atoms with van der Waals surface area (Å²) in [5.74, 6) is 0. The molecule has 21 heavy (non-hydrogen) atoms. The summed E-state index contributed by atoms with van der Waals surface area (Å²) in [4.78, 5) is 0. The zero-order valence-electron chi connectivity index (χ0n) is 12.7. The van der Waals surface area contributed by atoms with Crippen LogP contribution >= 0.6 is 23.2 Å². The number of halogens is 2. The summed E-state index contributed by atoms with van der Waals surface area (Å²) in [6.07, 6.45) is 0.995. The molecule has 0 saturated heterocycles. The molecule has 3 nitrogen and oxygen atoms in total. The molecule has 5 heteroatoms. The van der Waals surface area contributed by atoms with E-state index in [0.29, 0.717) is 11.6 Å². The lowest BCUT2D eigenvalue weighted by molar-refractivity contribution is 0.656. The van der Waals surface area contributed by atoms with E-state index in [1.165, 1.54) is 11.3 Å². The molecule has 2 aromatic rings. The van der Waals surface area contributed by atoms with Gasteiger partial charge in [-0.3, -0.25) is 4.68 Å². The topological polar surface area (TPSA) is 29.9 Å². The molecule has 0 saturated carbocycles. The summed E-state index contributed by atoms with van der Waals surface area (Å²) in [7, 11) is 0. The Kier molecular flexibility index (Phi) is 5.68. The van der Waals surface area contributed by atoms with E-state index in [1.807, 2.05) is 16.8 Å². The molecule has 0 atom stereocenters. The van der Waals surface area contributed by atoms with Gasteiger partial charge in [0.2, 0.25) is 0 Å². The van der Waals surface area contributed by atoms with Gasteiger partial charge in [-0.2, -0.15) is 5.10 Å². The highest BCUT2D eigenvalue weighted by molar-refractivity contribution is 6.33. The Morgan fingerprint density at radius 2 is 2.00 bits per heavy atom. The van der Waals surface area contributed by atoms with Crippen molar-refractivity contribution in [2.45, 2.75) is 33.7 Å². The lowest BCUT2D eigenvalue weighted by Gasteiger charge is -2.08. The summed E-state index contributed by atoms with van der Waals surface area (Å²) < 4.78 is 2.01. The van der Waals surface area contributed by atoms with Gasteiger partial charge < -0.3 is 5.32 Å². The smallest absolute Gasteiger partial charge is 0.0677 e. The van der Waals surface area contributed by atoms with Gasteiger partial charge in [-0.05, 0) is 62.7 Å². The van der Waals surface area contributed by atoms with Crippen molar-refractivity contribution in [2.75, 3.05) is 13.1 Å². The number of nitrogens with one attached hydrogen (secondary N) is 1. The minimum absolute atomic E-state index is 0.646. The summed E-state index contributed by atoms with van der Waals surface area (Å²) in [5.41, 5.74) is 4.59. The van der Waals surface area contributed by atoms with Gasteiger partial charge >= 0.3 is 0 Å². The van der Waals surface area contributed by atoms with Crippen LogP contribution in [0.1, 0.15) is 29.4 Å². The Hall–Kier alpha value is -1.03. The summed E-state index contributed by atoms with van der Waals surface area (Å²) in [6, 6.07) is 5.53. The van der Waals surface area contributed by atoms with Crippen molar-refractivity contribution in [1.82, 2.24) is 15.1 Å². The number of benzene rings is 1. The van der Waals surface area contributed by atoms with E-state index in [9.17, 15) is 0 Å². The Balaban J connectivity index is 2.21. The number of aryl methyl sites for hydroxylation is 1. The molecule has 114 valence electrons. The van der Waals surface area contributed by atoms with Crippen LogP contribution in [0.4, 0.5) is 0 Å². The van der Waals surface area contributed by atoms with Gasteiger partial charge in [-0.25, -0.2) is 0 Å². The van der Waals surface area contributed by atoms with Crippen LogP contribution in [0.5, 0.6) is 0 Å². The SMILES string of the molecule is CCNCCc1c(C)nn(Cc2cc(Cl)ccc2Cl)c1C. The first-order chi connectivity index (χ1) is 10.0. The maximum atomic E-state index is 6.24. The average Bonchev–Trinajstić information content (AvgIpc) is 2.70. The van der Waals surface area contributed by atoms with Crippen LogP contribution in [-0.2, 0) is 13.0 Å². The molecule has 0 bridgehead atoms. The zero-order chi connectivity index (χ0) is 15.4. The van der Waals surface area contributed by atoms with E-state index >= 15 is 0 Å². The number of rotatable bonds is 6. The average molecular weight is 326 g/mol. The van der Waals surface area contributed by atoms with Crippen molar-refractivity contribution in [1.29, 1.82) is 0 Å². The van der Waals surface area contributed by atoms with Crippen molar-refractivity contribution in [2.24, 2.45) is 0 Å². The Morgan fingerprint density at radius 3 is 2.71 bits per heavy atom. The fourth-order valence-electron chi connectivity index (χ4n) is 2.47. The monoisotopic (exact) mass is 325 g/mol. The third-order valence-corrected chi connectivity index (χ3v) is 4.26. The molecule has 0 fully saturated rings. The third kappa shape index (κ3) is 4.00. The maximum absolute atomic E-state index is 6.24. The predicted octanol–water partition coefficient (Wildman–Crippen LogP) is 4.01. The molecule has 2 rings (SSSR count). The van der Waals surface area contributed by atoms with Crippen LogP contribution in [-0.4, -0.2) is 22.9 Å². The Morgan fingerprint density at radius 1 is 1.24 bits per heavy atom. The van der Waals surface area contributed by atoms with E-state index in [0.717, 1.165) is 35.8 Å². The molecule has 0 aliphatic heterocycles. The summed E-state index contributed by atoms with van der Waals surface area (Å²) >= 11 is 12.3. The van der Waals surface area contributed by atoms with Crippen molar-refractivity contribution in [3.63, 3.8) is 0 Å². The minimum atomic E-state index is 0.646. The van der Waals surface area contributed by atoms with E-state index in [-0.39, 0.29) is 0 Å². The molecule has 1 aromatic heterocycles. The molecule has 1 N–H and O–H groups in total. The van der Waals surface area contributed by atoms with Gasteiger partial charge in [0.25, 0.3) is 0 Å². The van der Waals surface area contributed by atoms with E-state index in [4.69, 9.17) is 23.2 Å². The first kappa shape index (κ1) is 16.3. The van der Waals surface area contributed by atoms with Gasteiger partial charge in [0.05, 0.1) is 12.2 Å². The highest BCUT2D eigenvalue weighted by Gasteiger charge is 2.12. The standard InChI is InChI=1S/C16H21Cl2N3/c1-4-19-8-7-15-11(2)20-21(12(15)3)10-13-9-14(17)5-6-16(13)18/h5-6,9,19H,4,7-8,10H2,1-3H3. The Labute approximate surface area is 136 Å². The lowest BCUT2D eigenvalue weighted by atomic mass is 10.1. The predicted molar refractivity (Wildman–Crippen MR) is 89.5 cm³/mol. The fraction of sp³-hybridized carbons (Fsp3) is 0.438. The van der Waals surface area contributed by atoms with Gasteiger partial charge in [-0.15, -0.1) is 0 Å². The number of aromatic nitrogens is 2. The minimum Gasteiger partial charge on any atom is -0.317 e. The second kappa shape index (κ2) is 7.30. The molecule has 1 heterocycles. The van der Waals surface area contributed by atoms with Crippen LogP contribution in [0.15, 0.2) is 18.2 Å². The molecular formula is C16H21Cl2N3. The number of nitrogens with zero attached hydrogens (tertiary/aromatic N) is 2. The van der Waals surface area contributed by atoms with Gasteiger partial charge in [-0.1, -0.05) is 30.1 Å². The van der Waals surface area contributed by atoms with Crippen LogP contribution in [0.3, 0.4) is 0 Å². The molecule has 0 aliphatic carbocycles. The van der Waals surface area contributed by atoms with Crippen molar-refractivity contribution >= 4 is 23.2 Å². The van der Waals surface area contributed by atoms with Crippen LogP contribution in [0.25, 0.3) is 0 Å². The van der Waals surface area contributed by atoms with Crippen LogP contribution in [0, 0.1) is 13.8 Å². The second-order valence-corrected chi connectivity index (χ2v) is 5.99. The second-order valence-electron chi connectivity index (χ2n) is 5.15. The molecule has 0 spiro atoms. The zero-order valence-corrected chi connectivity index (χ0v) is 14.2. The van der Waals surface area contributed by atoms with Crippen molar-refractivity contribution in [3.8, 4) is 0 Å². The summed E-state index contributed by atoms with van der Waals surface area (Å²) in [5, 5.41) is 9.41. The van der Waals surface area contributed by atoms with Crippen LogP contribution < -0.4 is 5.32 Å². The van der Waals surface area contributed by atoms with E-state index in [2.05, 4.69) is 31.2 Å². The van der Waals surface area contributed by atoms with Gasteiger partial charge in [0.1, 0.15) is 0 Å². The Bertz CT molecular complexity index is 620. The molecule has 0 amide bonds. The number of hydrogen-bond acceptors (Lipinski definition) is 2. The quantitative estimate of drug-likeness (QED) is 0.813. The number of likely N-dealkylation sites (N-methyl/N-ethyl adjacent to an activating group) is 1. The van der Waals surface area contributed by atoms with Gasteiger partial charge in [0, 0.05) is 15.7 Å². The van der Waals surface area contributed by atoms with Crippen molar-refractivity contribution in [3.05, 3.63) is 50.8 Å². The largest absolute Gasteiger partial charge is 0.317 e. The molecule has 0 radical (unpaired) electrons. The number of hydrogen-bond donors (Lipinski definition) is 1. The van der Waals surface area contributed by atoms with E-state index in [1.54, 1.807) is 6.07 Å². The fourth-order valence-corrected chi connectivity index (χ4v) is 2.84. The molecule has 0 aliphatic rings. The maximum Gasteiger partial charge on any atom is 0.0677 e. The highest BCUT2D eigenvalue weighted by Crippen LogP contribution is 2.23. The van der Waals surface area contributed by atoms with E-state index < -0.39 is 0 Å². The first-order valence-electron chi connectivity index (χ1n) is 7.20. The highest BCUT2D eigenvalue weighted by atomic mass is 35.5. The van der Waals surface area contributed by atoms with Crippen LogP contribution in [0.2, 0.25) is 10.0 Å². The van der Waals surface area contributed by atoms with Gasteiger partial charge in [0.15, 0.2) is 0 Å². The first-order valence-corrected chi connectivity index (χ1v) is 7.96. The van der Waals surface area contributed by atoms with Crippen molar-refractivity contribution < 1.29 is 0 Å². The summed E-state index contributed by atoms with van der Waals surface area (Å²) in [6.45, 7) is 8.90.